The van der Waals surface area contributed by atoms with Gasteiger partial charge in [0.15, 0.2) is 11.5 Å². The molecule has 1 amide bonds. The molecule has 0 N–H and O–H groups in total. The first-order valence-corrected chi connectivity index (χ1v) is 7.69. The number of benzene rings is 1. The Labute approximate surface area is 135 Å². The summed E-state index contributed by atoms with van der Waals surface area (Å²) in [6, 6.07) is 5.81. The van der Waals surface area contributed by atoms with Crippen LogP contribution in [0.5, 0.6) is 11.5 Å². The Balaban J connectivity index is 2.23. The van der Waals surface area contributed by atoms with Crippen molar-refractivity contribution < 1.29 is 14.3 Å². The summed E-state index contributed by atoms with van der Waals surface area (Å²) in [5, 5.41) is 3.63. The third-order valence-electron chi connectivity index (χ3n) is 4.13. The van der Waals surface area contributed by atoms with Crippen LogP contribution in [-0.4, -0.2) is 43.7 Å². The van der Waals surface area contributed by atoms with Crippen molar-refractivity contribution in [2.24, 2.45) is 5.11 Å². The van der Waals surface area contributed by atoms with Gasteiger partial charge in [0.1, 0.15) is 0 Å². The highest BCUT2D eigenvalue weighted by atomic mass is 16.5. The van der Waals surface area contributed by atoms with Crippen molar-refractivity contribution in [2.75, 3.05) is 26.8 Å². The Bertz CT molecular complexity index is 613. The highest BCUT2D eigenvalue weighted by Crippen LogP contribution is 2.36. The van der Waals surface area contributed by atoms with E-state index in [2.05, 4.69) is 10.0 Å². The Kier molecular flexibility index (Phi) is 5.71. The van der Waals surface area contributed by atoms with Gasteiger partial charge in [-0.2, -0.15) is 0 Å². The van der Waals surface area contributed by atoms with Gasteiger partial charge in [-0.3, -0.25) is 4.79 Å². The van der Waals surface area contributed by atoms with Crippen molar-refractivity contribution in [3.63, 3.8) is 0 Å². The number of hydrogen-bond donors (Lipinski definition) is 0. The van der Waals surface area contributed by atoms with E-state index in [-0.39, 0.29) is 17.9 Å². The number of ether oxygens (including phenoxy) is 2. The molecule has 0 bridgehead atoms. The predicted molar refractivity (Wildman–Crippen MR) is 86.7 cm³/mol. The van der Waals surface area contributed by atoms with E-state index in [9.17, 15) is 4.79 Å². The minimum absolute atomic E-state index is 0.00387. The van der Waals surface area contributed by atoms with E-state index in [0.29, 0.717) is 31.2 Å². The number of likely N-dealkylation sites (tertiary alicyclic amines) is 1. The van der Waals surface area contributed by atoms with Crippen LogP contribution in [0.1, 0.15) is 31.7 Å². The molecule has 1 aromatic rings. The van der Waals surface area contributed by atoms with Crippen LogP contribution in [0.3, 0.4) is 0 Å². The molecule has 1 heterocycles. The lowest BCUT2D eigenvalue weighted by molar-refractivity contribution is -0.129. The summed E-state index contributed by atoms with van der Waals surface area (Å²) in [7, 11) is 1.61. The van der Waals surface area contributed by atoms with Crippen LogP contribution in [0.4, 0.5) is 0 Å². The molecule has 2 rings (SSSR count). The SMILES string of the molecule is CCOc1cc([C@@H]2C[C@H](CN=[N+]=[N-])N(C(C)=O)C2)ccc1OC. The molecule has 0 saturated carbocycles. The van der Waals surface area contributed by atoms with Crippen molar-refractivity contribution in [2.45, 2.75) is 32.2 Å². The standard InChI is InChI=1S/C16H22N4O3/c1-4-23-16-8-12(5-6-15(16)22-3)13-7-14(9-18-19-17)20(10-13)11(2)21/h5-6,8,13-14H,4,7,9-10H2,1-3H3/t13-,14-/m1/s1. The average Bonchev–Trinajstić information content (AvgIpc) is 2.97. The van der Waals surface area contributed by atoms with Gasteiger partial charge in [0.2, 0.25) is 5.91 Å². The van der Waals surface area contributed by atoms with Crippen LogP contribution in [0.15, 0.2) is 23.3 Å². The van der Waals surface area contributed by atoms with Gasteiger partial charge in [-0.05, 0) is 36.6 Å². The number of carbonyl (C=O) groups is 1. The van der Waals surface area contributed by atoms with Crippen molar-refractivity contribution >= 4 is 5.91 Å². The van der Waals surface area contributed by atoms with Crippen molar-refractivity contribution in [3.05, 3.63) is 34.2 Å². The van der Waals surface area contributed by atoms with Crippen LogP contribution in [-0.2, 0) is 4.79 Å². The summed E-state index contributed by atoms with van der Waals surface area (Å²) >= 11 is 0. The van der Waals surface area contributed by atoms with Crippen LogP contribution < -0.4 is 9.47 Å². The molecule has 0 aromatic heterocycles. The second kappa shape index (κ2) is 7.74. The quantitative estimate of drug-likeness (QED) is 0.458. The van der Waals surface area contributed by atoms with E-state index in [0.717, 1.165) is 12.0 Å². The van der Waals surface area contributed by atoms with E-state index < -0.39 is 0 Å². The zero-order valence-electron chi connectivity index (χ0n) is 13.7. The molecular weight excluding hydrogens is 296 g/mol. The van der Waals surface area contributed by atoms with Gasteiger partial charge < -0.3 is 14.4 Å². The normalized spacial score (nSPS) is 20.0. The first kappa shape index (κ1) is 17.0. The summed E-state index contributed by atoms with van der Waals surface area (Å²) in [5.74, 6) is 1.61. The predicted octanol–water partition coefficient (Wildman–Crippen LogP) is 3.11. The molecule has 0 aliphatic carbocycles. The van der Waals surface area contributed by atoms with Crippen LogP contribution in [0.25, 0.3) is 10.4 Å². The molecule has 2 atom stereocenters. The third kappa shape index (κ3) is 3.87. The molecule has 1 aliphatic heterocycles. The zero-order valence-corrected chi connectivity index (χ0v) is 13.7. The number of nitrogens with zero attached hydrogens (tertiary/aromatic N) is 4. The monoisotopic (exact) mass is 318 g/mol. The van der Waals surface area contributed by atoms with Gasteiger partial charge in [-0.25, -0.2) is 0 Å². The first-order chi connectivity index (χ1) is 11.1. The molecule has 7 heteroatoms. The van der Waals surface area contributed by atoms with Gasteiger partial charge >= 0.3 is 0 Å². The number of methoxy groups -OCH3 is 1. The van der Waals surface area contributed by atoms with E-state index >= 15 is 0 Å². The molecule has 1 aromatic carbocycles. The maximum atomic E-state index is 11.8. The van der Waals surface area contributed by atoms with E-state index in [4.69, 9.17) is 15.0 Å². The average molecular weight is 318 g/mol. The van der Waals surface area contributed by atoms with Crippen molar-refractivity contribution in [1.82, 2.24) is 4.90 Å². The Morgan fingerprint density at radius 2 is 2.26 bits per heavy atom. The minimum atomic E-state index is -0.0500. The lowest BCUT2D eigenvalue weighted by Gasteiger charge is -2.21. The minimum Gasteiger partial charge on any atom is -0.493 e. The van der Waals surface area contributed by atoms with Gasteiger partial charge in [-0.15, -0.1) is 0 Å². The summed E-state index contributed by atoms with van der Waals surface area (Å²) in [6.45, 7) is 4.96. The van der Waals surface area contributed by atoms with E-state index in [1.807, 2.05) is 25.1 Å². The largest absolute Gasteiger partial charge is 0.493 e. The molecule has 23 heavy (non-hydrogen) atoms. The molecule has 0 unspecified atom stereocenters. The molecule has 0 radical (unpaired) electrons. The maximum Gasteiger partial charge on any atom is 0.219 e. The first-order valence-electron chi connectivity index (χ1n) is 7.69. The van der Waals surface area contributed by atoms with Gasteiger partial charge in [0.25, 0.3) is 0 Å². The highest BCUT2D eigenvalue weighted by Gasteiger charge is 2.34. The fourth-order valence-corrected chi connectivity index (χ4v) is 3.06. The topological polar surface area (TPSA) is 87.5 Å². The second-order valence-corrected chi connectivity index (χ2v) is 5.51. The molecule has 1 saturated heterocycles. The summed E-state index contributed by atoms with van der Waals surface area (Å²) in [5.41, 5.74) is 9.61. The number of rotatable bonds is 6. The molecule has 124 valence electrons. The summed E-state index contributed by atoms with van der Waals surface area (Å²) in [6.07, 6.45) is 0.774. The summed E-state index contributed by atoms with van der Waals surface area (Å²) in [4.78, 5) is 16.4. The fraction of sp³-hybridized carbons (Fsp3) is 0.562. The summed E-state index contributed by atoms with van der Waals surface area (Å²) < 4.78 is 10.9. The third-order valence-corrected chi connectivity index (χ3v) is 4.13. The van der Waals surface area contributed by atoms with Crippen LogP contribution >= 0.6 is 0 Å². The van der Waals surface area contributed by atoms with Crippen molar-refractivity contribution in [1.29, 1.82) is 0 Å². The Morgan fingerprint density at radius 1 is 1.48 bits per heavy atom. The number of carbonyl (C=O) groups excluding carboxylic acids is 1. The maximum absolute atomic E-state index is 11.8. The molecule has 0 spiro atoms. The lowest BCUT2D eigenvalue weighted by Crippen LogP contribution is -2.35. The number of azide groups is 1. The van der Waals surface area contributed by atoms with Gasteiger partial charge in [-0.1, -0.05) is 11.2 Å². The highest BCUT2D eigenvalue weighted by molar-refractivity contribution is 5.74. The Morgan fingerprint density at radius 3 is 2.87 bits per heavy atom. The van der Waals surface area contributed by atoms with E-state index in [1.165, 1.54) is 0 Å². The molecule has 1 aliphatic rings. The lowest BCUT2D eigenvalue weighted by atomic mass is 9.96. The second-order valence-electron chi connectivity index (χ2n) is 5.51. The fourth-order valence-electron chi connectivity index (χ4n) is 3.06. The number of hydrogen-bond acceptors (Lipinski definition) is 4. The molecule has 1 fully saturated rings. The smallest absolute Gasteiger partial charge is 0.219 e. The van der Waals surface area contributed by atoms with Gasteiger partial charge in [0, 0.05) is 36.9 Å². The number of amides is 1. The van der Waals surface area contributed by atoms with E-state index in [1.54, 1.807) is 18.9 Å². The van der Waals surface area contributed by atoms with Crippen LogP contribution in [0, 0.1) is 0 Å². The molecule has 7 nitrogen and oxygen atoms in total. The zero-order chi connectivity index (χ0) is 16.8. The van der Waals surface area contributed by atoms with Gasteiger partial charge in [0.05, 0.1) is 13.7 Å². The molecular formula is C16H22N4O3. The van der Waals surface area contributed by atoms with Crippen molar-refractivity contribution in [3.8, 4) is 11.5 Å². The Hall–Kier alpha value is -2.40. The van der Waals surface area contributed by atoms with Crippen LogP contribution in [0.2, 0.25) is 0 Å².